The van der Waals surface area contributed by atoms with E-state index in [1.165, 1.54) is 0 Å². The van der Waals surface area contributed by atoms with E-state index in [1.54, 1.807) is 19.6 Å². The molecule has 5 heteroatoms. The molecule has 0 saturated heterocycles. The highest BCUT2D eigenvalue weighted by molar-refractivity contribution is 5.88. The van der Waals surface area contributed by atoms with Crippen LogP contribution in [0.2, 0.25) is 0 Å². The number of nitrogens with two attached hydrogens (primary N) is 1. The van der Waals surface area contributed by atoms with E-state index in [-0.39, 0.29) is 0 Å². The van der Waals surface area contributed by atoms with Crippen molar-refractivity contribution in [3.8, 4) is 0 Å². The molecule has 0 unspecified atom stereocenters. The van der Waals surface area contributed by atoms with Crippen LogP contribution < -0.4 is 10.6 Å². The standard InChI is InChI=1S/C13H19N3O2/c1-17-10-8-16(7-2-5-14)13-11-4-9-18-12(11)3-6-15-13/h3-4,6,9H,2,5,7-8,10,14H2,1H3. The third kappa shape index (κ3) is 2.80. The Balaban J connectivity index is 2.24. The molecule has 2 N–H and O–H groups in total. The Morgan fingerprint density at radius 1 is 1.39 bits per heavy atom. The highest BCUT2D eigenvalue weighted by atomic mass is 16.5. The lowest BCUT2D eigenvalue weighted by atomic mass is 10.2. The molecule has 0 aliphatic heterocycles. The van der Waals surface area contributed by atoms with Crippen molar-refractivity contribution in [1.82, 2.24) is 4.98 Å². The Morgan fingerprint density at radius 2 is 2.28 bits per heavy atom. The molecule has 0 spiro atoms. The van der Waals surface area contributed by atoms with E-state index < -0.39 is 0 Å². The van der Waals surface area contributed by atoms with Gasteiger partial charge in [0.2, 0.25) is 0 Å². The summed E-state index contributed by atoms with van der Waals surface area (Å²) in [6.07, 6.45) is 4.39. The highest BCUT2D eigenvalue weighted by Gasteiger charge is 2.12. The maximum Gasteiger partial charge on any atom is 0.139 e. The Labute approximate surface area is 107 Å². The lowest BCUT2D eigenvalue weighted by Gasteiger charge is -2.23. The van der Waals surface area contributed by atoms with Crippen molar-refractivity contribution < 1.29 is 9.15 Å². The fourth-order valence-electron chi connectivity index (χ4n) is 1.94. The molecule has 2 rings (SSSR count). The second-order valence-electron chi connectivity index (χ2n) is 4.09. The fraction of sp³-hybridized carbons (Fsp3) is 0.462. The van der Waals surface area contributed by atoms with Gasteiger partial charge in [-0.3, -0.25) is 0 Å². The molecule has 0 amide bonds. The smallest absolute Gasteiger partial charge is 0.139 e. The van der Waals surface area contributed by atoms with Crippen molar-refractivity contribution in [3.05, 3.63) is 24.6 Å². The lowest BCUT2D eigenvalue weighted by molar-refractivity contribution is 0.205. The molecule has 0 fully saturated rings. The van der Waals surface area contributed by atoms with E-state index >= 15 is 0 Å². The molecular formula is C13H19N3O2. The highest BCUT2D eigenvalue weighted by Crippen LogP contribution is 2.25. The third-order valence-electron chi connectivity index (χ3n) is 2.86. The first-order valence-corrected chi connectivity index (χ1v) is 6.13. The normalized spacial score (nSPS) is 11.0. The summed E-state index contributed by atoms with van der Waals surface area (Å²) < 4.78 is 10.5. The average molecular weight is 249 g/mol. The molecule has 2 aromatic heterocycles. The number of fused-ring (bicyclic) bond motifs is 1. The lowest BCUT2D eigenvalue weighted by Crippen LogP contribution is -2.30. The number of pyridine rings is 1. The minimum absolute atomic E-state index is 0.667. The maximum absolute atomic E-state index is 5.58. The second-order valence-corrected chi connectivity index (χ2v) is 4.09. The summed E-state index contributed by atoms with van der Waals surface area (Å²) in [6.45, 7) is 3.01. The number of ether oxygens (including phenoxy) is 1. The van der Waals surface area contributed by atoms with Crippen molar-refractivity contribution in [2.24, 2.45) is 5.73 Å². The van der Waals surface area contributed by atoms with E-state index in [1.807, 2.05) is 12.1 Å². The number of furan rings is 1. The zero-order chi connectivity index (χ0) is 12.8. The van der Waals surface area contributed by atoms with Gasteiger partial charge in [-0.15, -0.1) is 0 Å². The molecule has 0 aliphatic carbocycles. The summed E-state index contributed by atoms with van der Waals surface area (Å²) in [4.78, 5) is 6.64. The van der Waals surface area contributed by atoms with Crippen molar-refractivity contribution >= 4 is 16.8 Å². The van der Waals surface area contributed by atoms with E-state index in [0.717, 1.165) is 36.3 Å². The van der Waals surface area contributed by atoms with Crippen LogP contribution in [0.3, 0.4) is 0 Å². The average Bonchev–Trinajstić information content (AvgIpc) is 2.87. The monoisotopic (exact) mass is 249 g/mol. The first kappa shape index (κ1) is 12.9. The minimum Gasteiger partial charge on any atom is -0.464 e. The van der Waals surface area contributed by atoms with E-state index in [0.29, 0.717) is 13.2 Å². The Hall–Kier alpha value is -1.59. The number of nitrogens with zero attached hydrogens (tertiary/aromatic N) is 2. The predicted octanol–water partition coefficient (Wildman–Crippen LogP) is 1.63. The van der Waals surface area contributed by atoms with Gasteiger partial charge >= 0.3 is 0 Å². The van der Waals surface area contributed by atoms with Gasteiger partial charge < -0.3 is 19.8 Å². The maximum atomic E-state index is 5.58. The first-order valence-electron chi connectivity index (χ1n) is 6.13. The van der Waals surface area contributed by atoms with Crippen LogP contribution in [0.4, 0.5) is 5.82 Å². The largest absolute Gasteiger partial charge is 0.464 e. The van der Waals surface area contributed by atoms with E-state index in [9.17, 15) is 0 Å². The van der Waals surface area contributed by atoms with Crippen molar-refractivity contribution in [3.63, 3.8) is 0 Å². The zero-order valence-electron chi connectivity index (χ0n) is 10.6. The topological polar surface area (TPSA) is 64.5 Å². The van der Waals surface area contributed by atoms with Gasteiger partial charge in [-0.2, -0.15) is 0 Å². The molecule has 5 nitrogen and oxygen atoms in total. The number of anilines is 1. The van der Waals surface area contributed by atoms with Gasteiger partial charge in [-0.1, -0.05) is 0 Å². The first-order chi connectivity index (χ1) is 8.86. The van der Waals surface area contributed by atoms with Crippen molar-refractivity contribution in [2.75, 3.05) is 38.3 Å². The summed E-state index contributed by atoms with van der Waals surface area (Å²) in [5, 5.41) is 1.03. The quantitative estimate of drug-likeness (QED) is 0.808. The molecule has 2 heterocycles. The SMILES string of the molecule is COCCN(CCCN)c1nccc2occc12. The van der Waals surface area contributed by atoms with Gasteiger partial charge in [0.25, 0.3) is 0 Å². The van der Waals surface area contributed by atoms with Crippen LogP contribution in [0, 0.1) is 0 Å². The summed E-state index contributed by atoms with van der Waals surface area (Å²) >= 11 is 0. The molecule has 0 aromatic carbocycles. The molecule has 0 aliphatic rings. The molecule has 0 radical (unpaired) electrons. The van der Waals surface area contributed by atoms with Crippen LogP contribution in [0.1, 0.15) is 6.42 Å². The van der Waals surface area contributed by atoms with Crippen molar-refractivity contribution in [1.29, 1.82) is 0 Å². The molecule has 18 heavy (non-hydrogen) atoms. The molecule has 0 bridgehead atoms. The Morgan fingerprint density at radius 3 is 3.06 bits per heavy atom. The van der Waals surface area contributed by atoms with Crippen LogP contribution >= 0.6 is 0 Å². The van der Waals surface area contributed by atoms with Gasteiger partial charge in [0.1, 0.15) is 11.4 Å². The van der Waals surface area contributed by atoms with Gasteiger partial charge in [-0.25, -0.2) is 4.98 Å². The van der Waals surface area contributed by atoms with Gasteiger partial charge in [0.15, 0.2) is 0 Å². The molecule has 2 aromatic rings. The van der Waals surface area contributed by atoms with E-state index in [4.69, 9.17) is 14.9 Å². The number of hydrogen-bond acceptors (Lipinski definition) is 5. The number of aromatic nitrogens is 1. The molecule has 0 atom stereocenters. The van der Waals surface area contributed by atoms with Crippen LogP contribution in [-0.4, -0.2) is 38.3 Å². The summed E-state index contributed by atoms with van der Waals surface area (Å²) in [6, 6.07) is 3.82. The summed E-state index contributed by atoms with van der Waals surface area (Å²) in [7, 11) is 1.70. The van der Waals surface area contributed by atoms with Crippen molar-refractivity contribution in [2.45, 2.75) is 6.42 Å². The fourth-order valence-corrected chi connectivity index (χ4v) is 1.94. The second kappa shape index (κ2) is 6.37. The Kier molecular flexibility index (Phi) is 4.55. The van der Waals surface area contributed by atoms with Gasteiger partial charge in [0, 0.05) is 26.4 Å². The molecular weight excluding hydrogens is 230 g/mol. The zero-order valence-corrected chi connectivity index (χ0v) is 10.6. The molecule has 98 valence electrons. The van der Waals surface area contributed by atoms with Crippen LogP contribution in [0.15, 0.2) is 29.0 Å². The van der Waals surface area contributed by atoms with Crippen LogP contribution in [0.5, 0.6) is 0 Å². The third-order valence-corrected chi connectivity index (χ3v) is 2.86. The summed E-state index contributed by atoms with van der Waals surface area (Å²) in [5.74, 6) is 0.937. The van der Waals surface area contributed by atoms with Crippen LogP contribution in [-0.2, 0) is 4.74 Å². The summed E-state index contributed by atoms with van der Waals surface area (Å²) in [5.41, 5.74) is 6.44. The van der Waals surface area contributed by atoms with Gasteiger partial charge in [0.05, 0.1) is 18.3 Å². The number of hydrogen-bond donors (Lipinski definition) is 1. The minimum atomic E-state index is 0.667. The number of rotatable bonds is 7. The predicted molar refractivity (Wildman–Crippen MR) is 71.8 cm³/mol. The van der Waals surface area contributed by atoms with Gasteiger partial charge in [-0.05, 0) is 25.1 Å². The van der Waals surface area contributed by atoms with E-state index in [2.05, 4.69) is 9.88 Å². The molecule has 0 saturated carbocycles. The number of methoxy groups -OCH3 is 1. The van der Waals surface area contributed by atoms with Crippen LogP contribution in [0.25, 0.3) is 11.0 Å². The Bertz CT molecular complexity index is 476.